The zero-order valence-corrected chi connectivity index (χ0v) is 21.5. The smallest absolute Gasteiger partial charge is 0.253 e. The minimum atomic E-state index is 0.168. The predicted octanol–water partition coefficient (Wildman–Crippen LogP) is 6.37. The summed E-state index contributed by atoms with van der Waals surface area (Å²) in [6, 6.07) is 13.7. The van der Waals surface area contributed by atoms with Gasteiger partial charge in [-0.3, -0.25) is 4.79 Å². The van der Waals surface area contributed by atoms with Crippen LogP contribution in [0, 0.1) is 18.8 Å². The maximum Gasteiger partial charge on any atom is 0.253 e. The first kappa shape index (κ1) is 23.5. The Bertz CT molecular complexity index is 968. The first-order chi connectivity index (χ1) is 15.4. The van der Waals surface area contributed by atoms with Gasteiger partial charge in [0.2, 0.25) is 0 Å². The Hall–Kier alpha value is -1.63. The molecule has 0 radical (unpaired) electrons. The van der Waals surface area contributed by atoms with Crippen LogP contribution < -0.4 is 5.32 Å². The van der Waals surface area contributed by atoms with E-state index in [0.717, 1.165) is 72.7 Å². The molecule has 0 unspecified atom stereocenters. The molecule has 2 heterocycles. The predicted molar refractivity (Wildman–Crippen MR) is 139 cm³/mol. The number of carbonyl (C=O) groups excluding carboxylic acids is 1. The molecule has 1 N–H and O–H groups in total. The molecule has 2 saturated heterocycles. The molecule has 4 rings (SSSR count). The molecule has 2 fully saturated rings. The molecular weight excluding hydrogens is 506 g/mol. The topological polar surface area (TPSA) is 35.6 Å². The minimum absolute atomic E-state index is 0.168. The van der Waals surface area contributed by atoms with E-state index in [4.69, 9.17) is 23.8 Å². The van der Waals surface area contributed by atoms with Gasteiger partial charge in [0.25, 0.3) is 5.91 Å². The number of amides is 1. The van der Waals surface area contributed by atoms with E-state index in [0.29, 0.717) is 16.9 Å². The van der Waals surface area contributed by atoms with Crippen molar-refractivity contribution in [2.45, 2.75) is 32.6 Å². The van der Waals surface area contributed by atoms with Gasteiger partial charge in [-0.1, -0.05) is 45.2 Å². The van der Waals surface area contributed by atoms with Crippen LogP contribution in [0.2, 0.25) is 5.02 Å². The summed E-state index contributed by atoms with van der Waals surface area (Å²) in [6.45, 7) is 5.70. The molecule has 2 aliphatic rings. The number of halogens is 2. The van der Waals surface area contributed by atoms with Gasteiger partial charge in [-0.05, 0) is 87.0 Å². The van der Waals surface area contributed by atoms with Crippen LogP contribution in [0.25, 0.3) is 0 Å². The van der Waals surface area contributed by atoms with Crippen molar-refractivity contribution in [3.8, 4) is 0 Å². The molecule has 2 aliphatic heterocycles. The van der Waals surface area contributed by atoms with Crippen molar-refractivity contribution in [3.63, 3.8) is 0 Å². The molecule has 0 saturated carbocycles. The van der Waals surface area contributed by atoms with Crippen LogP contribution in [0.15, 0.2) is 46.9 Å². The summed E-state index contributed by atoms with van der Waals surface area (Å²) >= 11 is 15.4. The lowest BCUT2D eigenvalue weighted by molar-refractivity contribution is 0.0627. The van der Waals surface area contributed by atoms with Crippen LogP contribution in [0.5, 0.6) is 0 Å². The lowest BCUT2D eigenvalue weighted by Crippen LogP contribution is -2.45. The van der Waals surface area contributed by atoms with E-state index >= 15 is 0 Å². The number of thiocarbonyl (C=S) groups is 1. The van der Waals surface area contributed by atoms with Crippen LogP contribution in [-0.4, -0.2) is 47.0 Å². The Morgan fingerprint density at radius 1 is 0.969 bits per heavy atom. The molecule has 1 amide bonds. The number of rotatable bonds is 3. The highest BCUT2D eigenvalue weighted by Gasteiger charge is 2.31. The Labute approximate surface area is 209 Å². The number of aryl methyl sites for hydroxylation is 1. The maximum atomic E-state index is 12.8. The Balaban J connectivity index is 1.24. The number of likely N-dealkylation sites (tertiary alicyclic amines) is 2. The number of nitrogens with zero attached hydrogens (tertiary/aromatic N) is 2. The SMILES string of the molecule is Cc1ccc(C(=O)N2CCC(C3CCN(C(=S)Nc4ccc(Br)cc4Cl)CC3)CC2)cc1. The number of anilines is 1. The van der Waals surface area contributed by atoms with Gasteiger partial charge in [-0.15, -0.1) is 0 Å². The van der Waals surface area contributed by atoms with Gasteiger partial charge in [-0.25, -0.2) is 0 Å². The van der Waals surface area contributed by atoms with E-state index in [2.05, 4.69) is 26.1 Å². The van der Waals surface area contributed by atoms with Crippen molar-refractivity contribution in [1.29, 1.82) is 0 Å². The molecule has 32 heavy (non-hydrogen) atoms. The average molecular weight is 535 g/mol. The van der Waals surface area contributed by atoms with E-state index < -0.39 is 0 Å². The fraction of sp³-hybridized carbons (Fsp3) is 0.440. The molecule has 2 aromatic rings. The Morgan fingerprint density at radius 2 is 1.53 bits per heavy atom. The van der Waals surface area contributed by atoms with E-state index in [1.807, 2.05) is 54.3 Å². The largest absolute Gasteiger partial charge is 0.349 e. The molecule has 7 heteroatoms. The van der Waals surface area contributed by atoms with E-state index in [1.165, 1.54) is 5.56 Å². The van der Waals surface area contributed by atoms with Gasteiger partial charge in [0.15, 0.2) is 5.11 Å². The van der Waals surface area contributed by atoms with Crippen molar-refractivity contribution in [3.05, 3.63) is 63.1 Å². The lowest BCUT2D eigenvalue weighted by Gasteiger charge is -2.41. The molecule has 2 aromatic carbocycles. The average Bonchev–Trinajstić information content (AvgIpc) is 2.81. The lowest BCUT2D eigenvalue weighted by atomic mass is 9.79. The normalized spacial score (nSPS) is 18.0. The summed E-state index contributed by atoms with van der Waals surface area (Å²) in [6.07, 6.45) is 4.48. The van der Waals surface area contributed by atoms with Gasteiger partial charge in [-0.2, -0.15) is 0 Å². The first-order valence-corrected chi connectivity index (χ1v) is 12.9. The molecular formula is C25H29BrClN3OS. The molecule has 0 aliphatic carbocycles. The standard InChI is InChI=1S/C25H29BrClN3OS/c1-17-2-4-20(5-3-17)24(31)29-12-8-18(9-13-29)19-10-14-30(15-11-19)25(32)28-23-7-6-21(26)16-22(23)27/h2-7,16,18-19H,8-15H2,1H3,(H,28,32). The highest BCUT2D eigenvalue weighted by molar-refractivity contribution is 9.10. The summed E-state index contributed by atoms with van der Waals surface area (Å²) in [4.78, 5) is 17.1. The number of carbonyl (C=O) groups is 1. The van der Waals surface area contributed by atoms with E-state index in [-0.39, 0.29) is 5.91 Å². The second-order valence-electron chi connectivity index (χ2n) is 8.87. The highest BCUT2D eigenvalue weighted by atomic mass is 79.9. The second kappa shape index (κ2) is 10.5. The molecule has 0 aromatic heterocycles. The summed E-state index contributed by atoms with van der Waals surface area (Å²) < 4.78 is 0.950. The summed E-state index contributed by atoms with van der Waals surface area (Å²) in [5, 5.41) is 4.70. The number of hydrogen-bond acceptors (Lipinski definition) is 2. The van der Waals surface area contributed by atoms with Gasteiger partial charge in [0.1, 0.15) is 0 Å². The van der Waals surface area contributed by atoms with Crippen molar-refractivity contribution >= 4 is 56.5 Å². The molecule has 0 bridgehead atoms. The summed E-state index contributed by atoms with van der Waals surface area (Å²) in [5.74, 6) is 1.57. The van der Waals surface area contributed by atoms with Crippen molar-refractivity contribution in [1.82, 2.24) is 9.80 Å². The fourth-order valence-electron chi connectivity index (χ4n) is 4.81. The zero-order valence-electron chi connectivity index (χ0n) is 18.3. The van der Waals surface area contributed by atoms with Crippen molar-refractivity contribution in [2.24, 2.45) is 11.8 Å². The van der Waals surface area contributed by atoms with E-state index in [1.54, 1.807) is 0 Å². The van der Waals surface area contributed by atoms with Crippen LogP contribution in [0.4, 0.5) is 5.69 Å². The zero-order chi connectivity index (χ0) is 22.7. The van der Waals surface area contributed by atoms with Crippen molar-refractivity contribution in [2.75, 3.05) is 31.5 Å². The maximum absolute atomic E-state index is 12.8. The monoisotopic (exact) mass is 533 g/mol. The minimum Gasteiger partial charge on any atom is -0.349 e. The van der Waals surface area contributed by atoms with Gasteiger partial charge in [0, 0.05) is 36.2 Å². The van der Waals surface area contributed by atoms with Crippen molar-refractivity contribution < 1.29 is 4.79 Å². The van der Waals surface area contributed by atoms with Crippen LogP contribution in [0.3, 0.4) is 0 Å². The summed E-state index contributed by atoms with van der Waals surface area (Å²) in [5.41, 5.74) is 2.82. The van der Waals surface area contributed by atoms with Crippen LogP contribution in [0.1, 0.15) is 41.6 Å². The number of piperidine rings is 2. The number of nitrogens with one attached hydrogen (secondary N) is 1. The molecule has 0 atom stereocenters. The molecule has 170 valence electrons. The fourth-order valence-corrected chi connectivity index (χ4v) is 5.82. The number of hydrogen-bond donors (Lipinski definition) is 1. The second-order valence-corrected chi connectivity index (χ2v) is 10.6. The molecule has 4 nitrogen and oxygen atoms in total. The third kappa shape index (κ3) is 5.64. The van der Waals surface area contributed by atoms with Crippen LogP contribution in [-0.2, 0) is 0 Å². The number of benzene rings is 2. The third-order valence-electron chi connectivity index (χ3n) is 6.79. The highest BCUT2D eigenvalue weighted by Crippen LogP contribution is 2.33. The Kier molecular flexibility index (Phi) is 7.74. The summed E-state index contributed by atoms with van der Waals surface area (Å²) in [7, 11) is 0. The van der Waals surface area contributed by atoms with Gasteiger partial charge >= 0.3 is 0 Å². The van der Waals surface area contributed by atoms with Gasteiger partial charge < -0.3 is 15.1 Å². The quantitative estimate of drug-likeness (QED) is 0.464. The van der Waals surface area contributed by atoms with Gasteiger partial charge in [0.05, 0.1) is 10.7 Å². The molecule has 0 spiro atoms. The van der Waals surface area contributed by atoms with Crippen LogP contribution >= 0.6 is 39.7 Å². The van der Waals surface area contributed by atoms with E-state index in [9.17, 15) is 4.79 Å². The Morgan fingerprint density at radius 3 is 2.09 bits per heavy atom. The first-order valence-electron chi connectivity index (χ1n) is 11.3. The third-order valence-corrected chi connectivity index (χ3v) is 7.96.